The quantitative estimate of drug-likeness (QED) is 0.769. The Labute approximate surface area is 159 Å². The Hall–Kier alpha value is -2.87. The van der Waals surface area contributed by atoms with Crippen LogP contribution in [-0.4, -0.2) is 29.1 Å². The highest BCUT2D eigenvalue weighted by Gasteiger charge is 2.30. The second kappa shape index (κ2) is 8.22. The van der Waals surface area contributed by atoms with Gasteiger partial charge in [0.25, 0.3) is 5.91 Å². The molecule has 6 nitrogen and oxygen atoms in total. The first-order valence-corrected chi connectivity index (χ1v) is 9.13. The van der Waals surface area contributed by atoms with Crippen LogP contribution in [0, 0.1) is 5.82 Å². The monoisotopic (exact) mass is 388 g/mol. The Morgan fingerprint density at radius 2 is 1.93 bits per heavy atom. The number of hydrogen-bond donors (Lipinski definition) is 2. The lowest BCUT2D eigenvalue weighted by Gasteiger charge is -2.23. The number of rotatable bonds is 5. The Morgan fingerprint density at radius 1 is 1.22 bits per heavy atom. The first-order chi connectivity index (χ1) is 12.9. The van der Waals surface area contributed by atoms with Gasteiger partial charge in [-0.1, -0.05) is 12.1 Å². The zero-order valence-electron chi connectivity index (χ0n) is 14.4. The van der Waals surface area contributed by atoms with Gasteiger partial charge in [-0.2, -0.15) is 0 Å². The van der Waals surface area contributed by atoms with E-state index >= 15 is 0 Å². The highest BCUT2D eigenvalue weighted by molar-refractivity contribution is 8.01. The lowest BCUT2D eigenvalue weighted by molar-refractivity contribution is -0.153. The van der Waals surface area contributed by atoms with Gasteiger partial charge in [0.1, 0.15) is 5.82 Å². The minimum Gasteiger partial charge on any atom is -0.452 e. The van der Waals surface area contributed by atoms with E-state index in [0.29, 0.717) is 11.4 Å². The molecule has 27 heavy (non-hydrogen) atoms. The number of ether oxygens (including phenoxy) is 1. The second-order valence-corrected chi connectivity index (χ2v) is 7.17. The molecule has 2 N–H and O–H groups in total. The molecule has 0 aromatic heterocycles. The summed E-state index contributed by atoms with van der Waals surface area (Å²) in [6, 6.07) is 12.5. The zero-order valence-corrected chi connectivity index (χ0v) is 15.2. The van der Waals surface area contributed by atoms with Crippen molar-refractivity contribution in [2.45, 2.75) is 29.6 Å². The smallest absolute Gasteiger partial charge is 0.308 e. The Balaban J connectivity index is 1.53. The van der Waals surface area contributed by atoms with Gasteiger partial charge in [-0.25, -0.2) is 4.39 Å². The molecule has 140 valence electrons. The molecule has 2 atom stereocenters. The molecule has 0 unspecified atom stereocenters. The minimum absolute atomic E-state index is 0.154. The van der Waals surface area contributed by atoms with Gasteiger partial charge in [-0.3, -0.25) is 14.4 Å². The lowest BCUT2D eigenvalue weighted by Crippen LogP contribution is -2.34. The summed E-state index contributed by atoms with van der Waals surface area (Å²) in [7, 11) is 0. The molecule has 1 aliphatic rings. The molecule has 2 aromatic rings. The van der Waals surface area contributed by atoms with Crippen LogP contribution in [0.4, 0.5) is 15.8 Å². The maximum atomic E-state index is 12.9. The summed E-state index contributed by atoms with van der Waals surface area (Å²) in [6.45, 7) is 1.43. The van der Waals surface area contributed by atoms with Gasteiger partial charge in [0.15, 0.2) is 6.10 Å². The van der Waals surface area contributed by atoms with Crippen LogP contribution in [-0.2, 0) is 19.1 Å². The fraction of sp³-hybridized carbons (Fsp3) is 0.211. The standard InChI is InChI=1S/C19H17FN2O4S/c1-11(18(24)21-13-8-6-12(20)7-9-13)26-17(23)10-16-19(25)22-14-4-2-3-5-15(14)27-16/h2-9,11,16H,10H2,1H3,(H,21,24)(H,22,25)/t11-,16-/m1/s1. The number of thioether (sulfide) groups is 1. The van der Waals surface area contributed by atoms with E-state index in [1.807, 2.05) is 18.2 Å². The number of amides is 2. The third kappa shape index (κ3) is 4.85. The van der Waals surface area contributed by atoms with Gasteiger partial charge in [0.05, 0.1) is 17.4 Å². The normalized spacial score (nSPS) is 16.7. The fourth-order valence-corrected chi connectivity index (χ4v) is 3.55. The number of carbonyl (C=O) groups excluding carboxylic acids is 3. The van der Waals surface area contributed by atoms with E-state index in [0.717, 1.165) is 4.90 Å². The predicted molar refractivity (Wildman–Crippen MR) is 99.9 cm³/mol. The predicted octanol–water partition coefficient (Wildman–Crippen LogP) is 3.20. The van der Waals surface area contributed by atoms with E-state index in [1.165, 1.54) is 43.0 Å². The van der Waals surface area contributed by atoms with Crippen molar-refractivity contribution in [3.8, 4) is 0 Å². The molecular weight excluding hydrogens is 371 g/mol. The lowest BCUT2D eigenvalue weighted by atomic mass is 10.2. The van der Waals surface area contributed by atoms with E-state index in [-0.39, 0.29) is 12.3 Å². The van der Waals surface area contributed by atoms with Crippen molar-refractivity contribution in [1.29, 1.82) is 0 Å². The second-order valence-electron chi connectivity index (χ2n) is 5.92. The molecule has 0 fully saturated rings. The Bertz CT molecular complexity index is 872. The summed E-state index contributed by atoms with van der Waals surface area (Å²) in [6.07, 6.45) is -1.20. The molecule has 8 heteroatoms. The number of hydrogen-bond acceptors (Lipinski definition) is 5. The number of para-hydroxylation sites is 1. The highest BCUT2D eigenvalue weighted by atomic mass is 32.2. The fourth-order valence-electron chi connectivity index (χ4n) is 2.45. The van der Waals surface area contributed by atoms with Gasteiger partial charge in [-0.05, 0) is 43.3 Å². The summed E-state index contributed by atoms with van der Waals surface area (Å²) in [5.41, 5.74) is 1.10. The molecule has 2 amide bonds. The molecule has 0 saturated heterocycles. The van der Waals surface area contributed by atoms with Crippen LogP contribution in [0.3, 0.4) is 0 Å². The summed E-state index contributed by atoms with van der Waals surface area (Å²) >= 11 is 1.28. The van der Waals surface area contributed by atoms with E-state index in [2.05, 4.69) is 10.6 Å². The van der Waals surface area contributed by atoms with Crippen molar-refractivity contribution in [2.75, 3.05) is 10.6 Å². The van der Waals surface area contributed by atoms with Crippen molar-refractivity contribution in [1.82, 2.24) is 0 Å². The molecule has 1 aliphatic heterocycles. The molecule has 3 rings (SSSR count). The third-order valence-electron chi connectivity index (χ3n) is 3.85. The molecule has 0 aliphatic carbocycles. The Morgan fingerprint density at radius 3 is 2.67 bits per heavy atom. The molecular formula is C19H17FN2O4S. The number of benzene rings is 2. The molecule has 0 saturated carbocycles. The van der Waals surface area contributed by atoms with E-state index in [4.69, 9.17) is 4.74 Å². The van der Waals surface area contributed by atoms with Crippen molar-refractivity contribution >= 4 is 40.9 Å². The zero-order chi connectivity index (χ0) is 19.4. The van der Waals surface area contributed by atoms with Crippen LogP contribution in [0.15, 0.2) is 53.4 Å². The van der Waals surface area contributed by atoms with Crippen molar-refractivity contribution in [2.24, 2.45) is 0 Å². The summed E-state index contributed by atoms with van der Waals surface area (Å²) < 4.78 is 18.0. The topological polar surface area (TPSA) is 84.5 Å². The average molecular weight is 388 g/mol. The first kappa shape index (κ1) is 18.9. The molecule has 0 spiro atoms. The van der Waals surface area contributed by atoms with E-state index in [9.17, 15) is 18.8 Å². The van der Waals surface area contributed by atoms with Crippen molar-refractivity contribution in [3.05, 3.63) is 54.3 Å². The van der Waals surface area contributed by atoms with Crippen molar-refractivity contribution in [3.63, 3.8) is 0 Å². The van der Waals surface area contributed by atoms with Gasteiger partial charge in [0.2, 0.25) is 5.91 Å². The summed E-state index contributed by atoms with van der Waals surface area (Å²) in [5, 5.41) is 4.66. The van der Waals surface area contributed by atoms with E-state index in [1.54, 1.807) is 6.07 Å². The summed E-state index contributed by atoms with van der Waals surface area (Å²) in [4.78, 5) is 37.2. The molecule has 0 radical (unpaired) electrons. The maximum Gasteiger partial charge on any atom is 0.308 e. The van der Waals surface area contributed by atoms with Crippen LogP contribution in [0.5, 0.6) is 0 Å². The number of halogens is 1. The number of esters is 1. The molecule has 1 heterocycles. The van der Waals surface area contributed by atoms with Gasteiger partial charge in [0, 0.05) is 10.6 Å². The SMILES string of the molecule is C[C@@H](OC(=O)C[C@H]1Sc2ccccc2NC1=O)C(=O)Nc1ccc(F)cc1. The molecule has 2 aromatic carbocycles. The van der Waals surface area contributed by atoms with Gasteiger partial charge < -0.3 is 15.4 Å². The average Bonchev–Trinajstić information content (AvgIpc) is 2.64. The number of carbonyl (C=O) groups is 3. The summed E-state index contributed by atoms with van der Waals surface area (Å²) in [5.74, 6) is -1.89. The number of nitrogens with one attached hydrogen (secondary N) is 2. The first-order valence-electron chi connectivity index (χ1n) is 8.25. The minimum atomic E-state index is -1.05. The van der Waals surface area contributed by atoms with E-state index < -0.39 is 29.0 Å². The van der Waals surface area contributed by atoms with Crippen LogP contribution in [0.2, 0.25) is 0 Å². The molecule has 0 bridgehead atoms. The van der Waals surface area contributed by atoms with Crippen LogP contribution in [0.1, 0.15) is 13.3 Å². The maximum absolute atomic E-state index is 12.9. The van der Waals surface area contributed by atoms with Crippen LogP contribution >= 0.6 is 11.8 Å². The van der Waals surface area contributed by atoms with Crippen LogP contribution in [0.25, 0.3) is 0 Å². The highest BCUT2D eigenvalue weighted by Crippen LogP contribution is 2.36. The van der Waals surface area contributed by atoms with Gasteiger partial charge >= 0.3 is 5.97 Å². The number of anilines is 2. The van der Waals surface area contributed by atoms with Crippen molar-refractivity contribution < 1.29 is 23.5 Å². The Kier molecular flexibility index (Phi) is 5.75. The van der Waals surface area contributed by atoms with Crippen LogP contribution < -0.4 is 10.6 Å². The number of fused-ring (bicyclic) bond motifs is 1. The van der Waals surface area contributed by atoms with Gasteiger partial charge in [-0.15, -0.1) is 11.8 Å². The largest absolute Gasteiger partial charge is 0.452 e. The third-order valence-corrected chi connectivity index (χ3v) is 5.12.